The quantitative estimate of drug-likeness (QED) is 0.754. The molecule has 0 radical (unpaired) electrons. The molecule has 0 saturated heterocycles. The number of fused-ring (bicyclic) bond motifs is 1. The number of ether oxygens (including phenoxy) is 1. The molecule has 1 aromatic heterocycles. The van der Waals surface area contributed by atoms with E-state index in [1.54, 1.807) is 0 Å². The molecule has 1 aliphatic rings. The summed E-state index contributed by atoms with van der Waals surface area (Å²) in [5.74, 6) is -4.08. The number of hydrogen-bond acceptors (Lipinski definition) is 2. The van der Waals surface area contributed by atoms with Gasteiger partial charge in [0.05, 0.1) is 24.6 Å². The number of aromatic nitrogens is 2. The average Bonchev–Trinajstić information content (AvgIpc) is 2.73. The molecule has 19 heavy (non-hydrogen) atoms. The van der Waals surface area contributed by atoms with Crippen LogP contribution < -0.4 is 0 Å². The van der Waals surface area contributed by atoms with E-state index in [0.29, 0.717) is 25.2 Å². The molecule has 7 heteroatoms. The van der Waals surface area contributed by atoms with Gasteiger partial charge in [-0.3, -0.25) is 0 Å². The number of benzene rings is 1. The maximum atomic E-state index is 13.2. The first kappa shape index (κ1) is 12.5. The minimum atomic E-state index is -1.51. The van der Waals surface area contributed by atoms with E-state index in [0.717, 1.165) is 17.8 Å². The molecule has 0 amide bonds. The van der Waals surface area contributed by atoms with Crippen LogP contribution in [0, 0.1) is 17.5 Å². The van der Waals surface area contributed by atoms with Gasteiger partial charge in [-0.2, -0.15) is 5.10 Å². The van der Waals surface area contributed by atoms with Gasteiger partial charge in [0.1, 0.15) is 5.15 Å². The molecule has 2 heterocycles. The van der Waals surface area contributed by atoms with Crippen molar-refractivity contribution in [2.24, 2.45) is 0 Å². The van der Waals surface area contributed by atoms with Gasteiger partial charge in [-0.15, -0.1) is 0 Å². The van der Waals surface area contributed by atoms with Gasteiger partial charge < -0.3 is 4.74 Å². The van der Waals surface area contributed by atoms with E-state index in [4.69, 9.17) is 16.3 Å². The van der Waals surface area contributed by atoms with Crippen molar-refractivity contribution < 1.29 is 17.9 Å². The Bertz CT molecular complexity index is 634. The Hall–Kier alpha value is -1.53. The maximum Gasteiger partial charge on any atom is 0.194 e. The molecule has 0 saturated carbocycles. The number of rotatable bonds is 1. The lowest BCUT2D eigenvalue weighted by molar-refractivity contribution is 0.110. The minimum absolute atomic E-state index is 0.0378. The Morgan fingerprint density at radius 1 is 1.21 bits per heavy atom. The van der Waals surface area contributed by atoms with Crippen molar-refractivity contribution in [2.75, 3.05) is 6.61 Å². The summed E-state index contributed by atoms with van der Waals surface area (Å²) in [4.78, 5) is 0. The Morgan fingerprint density at radius 2 is 1.89 bits per heavy atom. The van der Waals surface area contributed by atoms with E-state index in [-0.39, 0.29) is 10.8 Å². The Kier molecular flexibility index (Phi) is 2.99. The molecule has 0 unspecified atom stereocenters. The first-order chi connectivity index (χ1) is 9.08. The van der Waals surface area contributed by atoms with Crippen molar-refractivity contribution in [1.29, 1.82) is 0 Å². The van der Waals surface area contributed by atoms with Gasteiger partial charge in [0.15, 0.2) is 17.5 Å². The van der Waals surface area contributed by atoms with Crippen molar-refractivity contribution >= 4 is 11.6 Å². The Morgan fingerprint density at radius 3 is 2.53 bits per heavy atom. The smallest absolute Gasteiger partial charge is 0.194 e. The van der Waals surface area contributed by atoms with Crippen molar-refractivity contribution in [2.45, 2.75) is 13.0 Å². The highest BCUT2D eigenvalue weighted by molar-refractivity contribution is 6.30. The maximum absolute atomic E-state index is 13.2. The summed E-state index contributed by atoms with van der Waals surface area (Å²) in [6.45, 7) is 0.826. The van der Waals surface area contributed by atoms with Crippen LogP contribution in [0.25, 0.3) is 5.69 Å². The van der Waals surface area contributed by atoms with Gasteiger partial charge in [-0.05, 0) is 0 Å². The second kappa shape index (κ2) is 4.54. The SMILES string of the molecule is Fc1cc(-n2nc3c(c2Cl)COCC3)cc(F)c1F. The third-order valence-corrected chi connectivity index (χ3v) is 3.34. The highest BCUT2D eigenvalue weighted by atomic mass is 35.5. The van der Waals surface area contributed by atoms with E-state index < -0.39 is 17.5 Å². The van der Waals surface area contributed by atoms with Gasteiger partial charge >= 0.3 is 0 Å². The zero-order valence-electron chi connectivity index (χ0n) is 9.59. The lowest BCUT2D eigenvalue weighted by atomic mass is 10.2. The van der Waals surface area contributed by atoms with Crippen LogP contribution in [-0.4, -0.2) is 16.4 Å². The van der Waals surface area contributed by atoms with E-state index >= 15 is 0 Å². The molecular formula is C12H8ClF3N2O. The van der Waals surface area contributed by atoms with Crippen LogP contribution in [-0.2, 0) is 17.8 Å². The Balaban J connectivity index is 2.15. The molecular weight excluding hydrogens is 281 g/mol. The second-order valence-corrected chi connectivity index (χ2v) is 4.51. The molecule has 0 bridgehead atoms. The van der Waals surface area contributed by atoms with Crippen molar-refractivity contribution in [3.8, 4) is 5.69 Å². The van der Waals surface area contributed by atoms with Crippen LogP contribution in [0.2, 0.25) is 5.15 Å². The van der Waals surface area contributed by atoms with Crippen molar-refractivity contribution in [3.63, 3.8) is 0 Å². The summed E-state index contributed by atoms with van der Waals surface area (Å²) in [6, 6.07) is 1.70. The summed E-state index contributed by atoms with van der Waals surface area (Å²) >= 11 is 6.10. The molecule has 100 valence electrons. The standard InChI is InChI=1S/C12H8ClF3N2O/c13-12-7-5-19-2-1-10(7)17-18(12)6-3-8(14)11(16)9(15)4-6/h3-4H,1-2,5H2. The monoisotopic (exact) mass is 288 g/mol. The highest BCUT2D eigenvalue weighted by Crippen LogP contribution is 2.28. The molecule has 0 spiro atoms. The minimum Gasteiger partial charge on any atom is -0.376 e. The summed E-state index contributed by atoms with van der Waals surface area (Å²) in [5, 5.41) is 4.40. The zero-order chi connectivity index (χ0) is 13.6. The van der Waals surface area contributed by atoms with Crippen LogP contribution in [0.4, 0.5) is 13.2 Å². The van der Waals surface area contributed by atoms with Crippen LogP contribution in [0.5, 0.6) is 0 Å². The van der Waals surface area contributed by atoms with Crippen LogP contribution in [0.1, 0.15) is 11.3 Å². The van der Waals surface area contributed by atoms with Gasteiger partial charge in [-0.25, -0.2) is 17.9 Å². The lowest BCUT2D eigenvalue weighted by Gasteiger charge is -2.09. The van der Waals surface area contributed by atoms with Crippen molar-refractivity contribution in [3.05, 3.63) is 46.0 Å². The molecule has 3 nitrogen and oxygen atoms in total. The fraction of sp³-hybridized carbons (Fsp3) is 0.250. The third-order valence-electron chi connectivity index (χ3n) is 2.95. The predicted octanol–water partition coefficient (Wildman–Crippen LogP) is 3.02. The average molecular weight is 289 g/mol. The largest absolute Gasteiger partial charge is 0.376 e. The van der Waals surface area contributed by atoms with Crippen LogP contribution in [0.15, 0.2) is 12.1 Å². The van der Waals surface area contributed by atoms with E-state index in [1.807, 2.05) is 0 Å². The van der Waals surface area contributed by atoms with Crippen LogP contribution >= 0.6 is 11.6 Å². The molecule has 1 aromatic carbocycles. The van der Waals surface area contributed by atoms with Gasteiger partial charge in [0, 0.05) is 24.1 Å². The normalized spacial score (nSPS) is 14.5. The van der Waals surface area contributed by atoms with E-state index in [1.165, 1.54) is 4.68 Å². The number of nitrogens with zero attached hydrogens (tertiary/aromatic N) is 2. The molecule has 0 atom stereocenters. The summed E-state index contributed by atoms with van der Waals surface area (Å²) in [5.41, 5.74) is 1.45. The van der Waals surface area contributed by atoms with Gasteiger partial charge in [0.25, 0.3) is 0 Å². The summed E-state index contributed by atoms with van der Waals surface area (Å²) < 4.78 is 45.8. The number of halogens is 4. The third kappa shape index (κ3) is 2.01. The molecule has 0 fully saturated rings. The molecule has 0 aliphatic carbocycles. The topological polar surface area (TPSA) is 27.1 Å². The first-order valence-electron chi connectivity index (χ1n) is 5.57. The Labute approximate surface area is 111 Å². The van der Waals surface area contributed by atoms with E-state index in [2.05, 4.69) is 5.10 Å². The predicted molar refractivity (Wildman–Crippen MR) is 61.8 cm³/mol. The fourth-order valence-corrected chi connectivity index (χ4v) is 2.29. The molecule has 3 rings (SSSR count). The zero-order valence-corrected chi connectivity index (χ0v) is 10.3. The van der Waals surface area contributed by atoms with Crippen molar-refractivity contribution in [1.82, 2.24) is 9.78 Å². The second-order valence-electron chi connectivity index (χ2n) is 4.15. The van der Waals surface area contributed by atoms with E-state index in [9.17, 15) is 13.2 Å². The van der Waals surface area contributed by atoms with Gasteiger partial charge in [0.2, 0.25) is 0 Å². The summed E-state index contributed by atoms with van der Waals surface area (Å²) in [7, 11) is 0. The molecule has 1 aliphatic heterocycles. The van der Waals surface area contributed by atoms with Gasteiger partial charge in [-0.1, -0.05) is 11.6 Å². The highest BCUT2D eigenvalue weighted by Gasteiger charge is 2.22. The molecule has 0 N–H and O–H groups in total. The fourth-order valence-electron chi connectivity index (χ4n) is 1.99. The lowest BCUT2D eigenvalue weighted by Crippen LogP contribution is -2.08. The number of hydrogen-bond donors (Lipinski definition) is 0. The summed E-state index contributed by atoms with van der Waals surface area (Å²) in [6.07, 6.45) is 0.578. The molecule has 2 aromatic rings. The first-order valence-corrected chi connectivity index (χ1v) is 5.94. The van der Waals surface area contributed by atoms with Crippen LogP contribution in [0.3, 0.4) is 0 Å².